The van der Waals surface area contributed by atoms with Crippen LogP contribution in [0.15, 0.2) is 16.6 Å². The van der Waals surface area contributed by atoms with Gasteiger partial charge in [-0.3, -0.25) is 0 Å². The minimum Gasteiger partial charge on any atom is -0.493 e. The molecular formula is C13H15BrO2. The Balaban J connectivity index is 2.95. The molecule has 0 amide bonds. The van der Waals surface area contributed by atoms with E-state index in [1.165, 1.54) is 5.56 Å². The topological polar surface area (TPSA) is 18.5 Å². The molecule has 0 aliphatic carbocycles. The maximum absolute atomic E-state index is 5.26. The van der Waals surface area contributed by atoms with Gasteiger partial charge in [-0.2, -0.15) is 0 Å². The second-order valence-corrected chi connectivity index (χ2v) is 4.08. The number of hydrogen-bond acceptors (Lipinski definition) is 2. The van der Waals surface area contributed by atoms with Crippen LogP contribution in [0.3, 0.4) is 0 Å². The molecule has 2 nitrogen and oxygen atoms in total. The van der Waals surface area contributed by atoms with Gasteiger partial charge in [0.05, 0.1) is 14.2 Å². The summed E-state index contributed by atoms with van der Waals surface area (Å²) in [4.78, 5) is 0. The van der Waals surface area contributed by atoms with Gasteiger partial charge < -0.3 is 9.47 Å². The molecule has 0 aliphatic rings. The van der Waals surface area contributed by atoms with Crippen LogP contribution in [0.5, 0.6) is 11.5 Å². The lowest BCUT2D eigenvalue weighted by Crippen LogP contribution is -1.94. The van der Waals surface area contributed by atoms with E-state index >= 15 is 0 Å². The Labute approximate surface area is 105 Å². The number of hydrogen-bond donors (Lipinski definition) is 0. The first-order valence-corrected chi connectivity index (χ1v) is 5.82. The van der Waals surface area contributed by atoms with Gasteiger partial charge in [-0.15, -0.1) is 11.8 Å². The fourth-order valence-electron chi connectivity index (χ4n) is 1.41. The van der Waals surface area contributed by atoms with Crippen LogP contribution in [-0.4, -0.2) is 14.2 Å². The van der Waals surface area contributed by atoms with Gasteiger partial charge in [0, 0.05) is 10.9 Å². The molecule has 16 heavy (non-hydrogen) atoms. The van der Waals surface area contributed by atoms with E-state index in [4.69, 9.17) is 9.47 Å². The molecule has 0 unspecified atom stereocenters. The molecule has 0 bridgehead atoms. The van der Waals surface area contributed by atoms with Crippen LogP contribution in [0, 0.1) is 11.8 Å². The summed E-state index contributed by atoms with van der Waals surface area (Å²) < 4.78 is 11.5. The largest absolute Gasteiger partial charge is 0.493 e. The zero-order valence-corrected chi connectivity index (χ0v) is 11.3. The molecule has 3 heteroatoms. The van der Waals surface area contributed by atoms with Crippen molar-refractivity contribution in [3.05, 3.63) is 22.2 Å². The predicted octanol–water partition coefficient (Wildman–Crippen LogP) is 3.42. The Hall–Kier alpha value is -1.14. The average molecular weight is 283 g/mol. The summed E-state index contributed by atoms with van der Waals surface area (Å²) in [7, 11) is 3.27. The van der Waals surface area contributed by atoms with Crippen molar-refractivity contribution in [2.45, 2.75) is 19.8 Å². The van der Waals surface area contributed by atoms with E-state index in [-0.39, 0.29) is 0 Å². The summed E-state index contributed by atoms with van der Waals surface area (Å²) in [5.74, 6) is 7.43. The highest BCUT2D eigenvalue weighted by Gasteiger charge is 2.08. The first-order chi connectivity index (χ1) is 7.72. The normalized spacial score (nSPS) is 9.25. The first kappa shape index (κ1) is 12.9. The molecule has 0 radical (unpaired) electrons. The number of rotatable bonds is 4. The van der Waals surface area contributed by atoms with Crippen molar-refractivity contribution in [2.75, 3.05) is 14.2 Å². The van der Waals surface area contributed by atoms with E-state index in [1.54, 1.807) is 14.2 Å². The summed E-state index contributed by atoms with van der Waals surface area (Å²) in [6.07, 6.45) is 1.76. The Morgan fingerprint density at radius 2 is 1.81 bits per heavy atom. The standard InChI is InChI=1S/C13H15BrO2/c1-4-5-6-7-10-8-12(15-2)13(16-3)9-11(10)14/h8-9H,6-7H2,1-3H3. The Kier molecular flexibility index (Phi) is 5.21. The Morgan fingerprint density at radius 1 is 1.19 bits per heavy atom. The lowest BCUT2D eigenvalue weighted by atomic mass is 10.1. The summed E-state index contributed by atoms with van der Waals surface area (Å²) >= 11 is 3.52. The lowest BCUT2D eigenvalue weighted by Gasteiger charge is -2.11. The third-order valence-corrected chi connectivity index (χ3v) is 2.99. The Morgan fingerprint density at radius 3 is 2.38 bits per heavy atom. The van der Waals surface area contributed by atoms with Crippen LogP contribution in [0.25, 0.3) is 0 Å². The molecule has 0 saturated heterocycles. The predicted molar refractivity (Wildman–Crippen MR) is 69.0 cm³/mol. The molecule has 1 aromatic carbocycles. The molecule has 0 atom stereocenters. The van der Waals surface area contributed by atoms with E-state index in [9.17, 15) is 0 Å². The third kappa shape index (κ3) is 3.18. The van der Waals surface area contributed by atoms with Gasteiger partial charge in [-0.05, 0) is 31.0 Å². The molecular weight excluding hydrogens is 268 g/mol. The van der Waals surface area contributed by atoms with E-state index < -0.39 is 0 Å². The summed E-state index contributed by atoms with van der Waals surface area (Å²) in [6.45, 7) is 1.85. The van der Waals surface area contributed by atoms with E-state index in [2.05, 4.69) is 27.8 Å². The van der Waals surface area contributed by atoms with E-state index in [0.29, 0.717) is 0 Å². The van der Waals surface area contributed by atoms with Gasteiger partial charge >= 0.3 is 0 Å². The van der Waals surface area contributed by atoms with Crippen molar-refractivity contribution < 1.29 is 9.47 Å². The summed E-state index contributed by atoms with van der Waals surface area (Å²) in [5, 5.41) is 0. The minimum atomic E-state index is 0.736. The molecule has 0 spiro atoms. The first-order valence-electron chi connectivity index (χ1n) is 5.03. The van der Waals surface area contributed by atoms with E-state index in [0.717, 1.165) is 28.8 Å². The average Bonchev–Trinajstić information content (AvgIpc) is 2.31. The maximum atomic E-state index is 5.26. The molecule has 0 fully saturated rings. The van der Waals surface area contributed by atoms with Crippen molar-refractivity contribution in [3.63, 3.8) is 0 Å². The fourth-order valence-corrected chi connectivity index (χ4v) is 1.93. The van der Waals surface area contributed by atoms with Gasteiger partial charge in [0.25, 0.3) is 0 Å². The quantitative estimate of drug-likeness (QED) is 0.788. The highest BCUT2D eigenvalue weighted by molar-refractivity contribution is 9.10. The van der Waals surface area contributed by atoms with E-state index in [1.807, 2.05) is 19.1 Å². The monoisotopic (exact) mass is 282 g/mol. The van der Waals surface area contributed by atoms with Crippen molar-refractivity contribution in [1.29, 1.82) is 0 Å². The highest BCUT2D eigenvalue weighted by Crippen LogP contribution is 2.33. The number of methoxy groups -OCH3 is 2. The molecule has 0 N–H and O–H groups in total. The van der Waals surface area contributed by atoms with Gasteiger partial charge in [0.2, 0.25) is 0 Å². The number of halogens is 1. The van der Waals surface area contributed by atoms with Crippen LogP contribution >= 0.6 is 15.9 Å². The summed E-state index contributed by atoms with van der Waals surface area (Å²) in [5.41, 5.74) is 1.18. The zero-order chi connectivity index (χ0) is 12.0. The fraction of sp³-hybridized carbons (Fsp3) is 0.385. The number of aryl methyl sites for hydroxylation is 1. The lowest BCUT2D eigenvalue weighted by molar-refractivity contribution is 0.354. The molecule has 0 saturated carbocycles. The van der Waals surface area contributed by atoms with Crippen LogP contribution in [0.1, 0.15) is 18.9 Å². The molecule has 86 valence electrons. The molecule has 0 aliphatic heterocycles. The van der Waals surface area contributed by atoms with Crippen LogP contribution in [-0.2, 0) is 6.42 Å². The van der Waals surface area contributed by atoms with Crippen molar-refractivity contribution in [3.8, 4) is 23.3 Å². The van der Waals surface area contributed by atoms with Gasteiger partial charge in [-0.25, -0.2) is 0 Å². The highest BCUT2D eigenvalue weighted by atomic mass is 79.9. The van der Waals surface area contributed by atoms with Crippen molar-refractivity contribution in [2.24, 2.45) is 0 Å². The number of ether oxygens (including phenoxy) is 2. The maximum Gasteiger partial charge on any atom is 0.161 e. The summed E-state index contributed by atoms with van der Waals surface area (Å²) in [6, 6.07) is 3.91. The zero-order valence-electron chi connectivity index (χ0n) is 9.76. The van der Waals surface area contributed by atoms with Crippen LogP contribution in [0.4, 0.5) is 0 Å². The van der Waals surface area contributed by atoms with Gasteiger partial charge in [0.15, 0.2) is 11.5 Å². The van der Waals surface area contributed by atoms with Crippen LogP contribution in [0.2, 0.25) is 0 Å². The second-order valence-electron chi connectivity index (χ2n) is 3.23. The Bertz CT molecular complexity index is 416. The second kappa shape index (κ2) is 6.44. The van der Waals surface area contributed by atoms with Gasteiger partial charge in [0.1, 0.15) is 0 Å². The van der Waals surface area contributed by atoms with Crippen molar-refractivity contribution in [1.82, 2.24) is 0 Å². The van der Waals surface area contributed by atoms with Crippen LogP contribution < -0.4 is 9.47 Å². The SMILES string of the molecule is CC#CCCc1cc(OC)c(OC)cc1Br. The molecule has 0 aromatic heterocycles. The van der Waals surface area contributed by atoms with Gasteiger partial charge in [-0.1, -0.05) is 15.9 Å². The smallest absolute Gasteiger partial charge is 0.161 e. The third-order valence-electron chi connectivity index (χ3n) is 2.25. The number of benzene rings is 1. The molecule has 0 heterocycles. The minimum absolute atomic E-state index is 0.736. The molecule has 1 rings (SSSR count). The molecule has 1 aromatic rings. The van der Waals surface area contributed by atoms with Crippen molar-refractivity contribution >= 4 is 15.9 Å².